The van der Waals surface area contributed by atoms with Crippen molar-refractivity contribution in [1.29, 1.82) is 0 Å². The maximum atomic E-state index is 12.2. The Bertz CT molecular complexity index is 890. The summed E-state index contributed by atoms with van der Waals surface area (Å²) in [7, 11) is 1.57. The summed E-state index contributed by atoms with van der Waals surface area (Å²) in [6, 6.07) is 12.2. The van der Waals surface area contributed by atoms with Crippen molar-refractivity contribution in [2.45, 2.75) is 13.5 Å². The smallest absolute Gasteiger partial charge is 0.338 e. The van der Waals surface area contributed by atoms with Crippen LogP contribution in [0, 0.1) is 6.92 Å². The lowest BCUT2D eigenvalue weighted by Gasteiger charge is -2.07. The zero-order valence-corrected chi connectivity index (χ0v) is 14.4. The van der Waals surface area contributed by atoms with Gasteiger partial charge in [0.1, 0.15) is 5.75 Å². The van der Waals surface area contributed by atoms with Crippen molar-refractivity contribution in [3.8, 4) is 17.1 Å². The summed E-state index contributed by atoms with van der Waals surface area (Å²) >= 11 is 5.85. The summed E-state index contributed by atoms with van der Waals surface area (Å²) in [4.78, 5) is 16.4. The first kappa shape index (κ1) is 17.0. The molecule has 3 aromatic rings. The third kappa shape index (κ3) is 3.97. The molecule has 0 fully saturated rings. The van der Waals surface area contributed by atoms with E-state index in [1.165, 1.54) is 0 Å². The van der Waals surface area contributed by atoms with Crippen LogP contribution in [-0.4, -0.2) is 23.2 Å². The van der Waals surface area contributed by atoms with Crippen molar-refractivity contribution >= 4 is 17.6 Å². The Hall–Kier alpha value is -2.86. The predicted octanol–water partition coefficient (Wildman–Crippen LogP) is 4.06. The zero-order chi connectivity index (χ0) is 17.8. The third-order valence-electron chi connectivity index (χ3n) is 3.55. The summed E-state index contributed by atoms with van der Waals surface area (Å²) in [5, 5.41) is 4.49. The molecule has 0 saturated heterocycles. The van der Waals surface area contributed by atoms with E-state index in [0.29, 0.717) is 22.2 Å². The number of rotatable bonds is 5. The number of hydrogen-bond acceptors (Lipinski definition) is 6. The molecule has 0 aliphatic rings. The first-order valence-corrected chi connectivity index (χ1v) is 7.85. The van der Waals surface area contributed by atoms with Gasteiger partial charge in [-0.05, 0) is 55.0 Å². The first-order chi connectivity index (χ1) is 12.1. The number of nitrogens with zero attached hydrogens (tertiary/aromatic N) is 2. The average Bonchev–Trinajstić information content (AvgIpc) is 3.09. The van der Waals surface area contributed by atoms with Gasteiger partial charge >= 0.3 is 5.97 Å². The Morgan fingerprint density at radius 1 is 1.20 bits per heavy atom. The second-order valence-corrected chi connectivity index (χ2v) is 5.71. The summed E-state index contributed by atoms with van der Waals surface area (Å²) in [6.45, 7) is 1.70. The van der Waals surface area contributed by atoms with Crippen molar-refractivity contribution in [2.24, 2.45) is 0 Å². The molecule has 0 spiro atoms. The van der Waals surface area contributed by atoms with E-state index in [1.54, 1.807) is 49.6 Å². The van der Waals surface area contributed by atoms with Crippen molar-refractivity contribution in [3.05, 3.63) is 64.5 Å². The lowest BCUT2D eigenvalue weighted by molar-refractivity contribution is 0.0429. The van der Waals surface area contributed by atoms with Crippen LogP contribution in [0.1, 0.15) is 21.8 Å². The van der Waals surface area contributed by atoms with Gasteiger partial charge in [-0.1, -0.05) is 16.8 Å². The van der Waals surface area contributed by atoms with Gasteiger partial charge in [-0.3, -0.25) is 0 Å². The fourth-order valence-corrected chi connectivity index (χ4v) is 2.35. The fourth-order valence-electron chi connectivity index (χ4n) is 2.23. The molecular weight excluding hydrogens is 344 g/mol. The van der Waals surface area contributed by atoms with Gasteiger partial charge in [0.2, 0.25) is 5.82 Å². The quantitative estimate of drug-likeness (QED) is 0.640. The molecule has 7 heteroatoms. The van der Waals surface area contributed by atoms with Crippen LogP contribution >= 0.6 is 11.6 Å². The number of halogens is 1. The van der Waals surface area contributed by atoms with E-state index in [4.69, 9.17) is 25.6 Å². The topological polar surface area (TPSA) is 74.5 Å². The lowest BCUT2D eigenvalue weighted by Crippen LogP contribution is -2.07. The highest BCUT2D eigenvalue weighted by molar-refractivity contribution is 6.30. The Labute approximate surface area is 149 Å². The van der Waals surface area contributed by atoms with Crippen LogP contribution in [0.15, 0.2) is 47.0 Å². The molecule has 0 bridgehead atoms. The highest BCUT2D eigenvalue weighted by atomic mass is 35.5. The SMILES string of the molecule is COc1ccc(C(=O)OCc2nc(-c3ccc(Cl)cc3)no2)c(C)c1. The molecule has 25 heavy (non-hydrogen) atoms. The van der Waals surface area contributed by atoms with Crippen LogP contribution in [0.5, 0.6) is 5.75 Å². The van der Waals surface area contributed by atoms with Crippen molar-refractivity contribution in [1.82, 2.24) is 10.1 Å². The minimum Gasteiger partial charge on any atom is -0.497 e. The largest absolute Gasteiger partial charge is 0.497 e. The molecule has 0 N–H and O–H groups in total. The van der Waals surface area contributed by atoms with Gasteiger partial charge in [0, 0.05) is 10.6 Å². The lowest BCUT2D eigenvalue weighted by atomic mass is 10.1. The zero-order valence-electron chi connectivity index (χ0n) is 13.7. The maximum absolute atomic E-state index is 12.2. The Morgan fingerprint density at radius 3 is 2.64 bits per heavy atom. The van der Waals surface area contributed by atoms with Gasteiger partial charge in [-0.2, -0.15) is 4.98 Å². The first-order valence-electron chi connectivity index (χ1n) is 7.47. The number of benzene rings is 2. The van der Waals surface area contributed by atoms with E-state index in [1.807, 2.05) is 6.92 Å². The highest BCUT2D eigenvalue weighted by Crippen LogP contribution is 2.20. The summed E-state index contributed by atoms with van der Waals surface area (Å²) < 4.78 is 15.5. The van der Waals surface area contributed by atoms with Crippen LogP contribution in [0.4, 0.5) is 0 Å². The van der Waals surface area contributed by atoms with Crippen LogP contribution in [0.25, 0.3) is 11.4 Å². The molecule has 1 heterocycles. The Morgan fingerprint density at radius 2 is 1.96 bits per heavy atom. The normalized spacial score (nSPS) is 10.5. The molecule has 128 valence electrons. The van der Waals surface area contributed by atoms with Gasteiger partial charge in [0.05, 0.1) is 12.7 Å². The number of esters is 1. The van der Waals surface area contributed by atoms with E-state index in [0.717, 1.165) is 11.1 Å². The Kier molecular flexibility index (Phi) is 5.00. The molecule has 0 radical (unpaired) electrons. The number of ether oxygens (including phenoxy) is 2. The van der Waals surface area contributed by atoms with Crippen LogP contribution in [0.3, 0.4) is 0 Å². The van der Waals surface area contributed by atoms with E-state index >= 15 is 0 Å². The molecule has 0 saturated carbocycles. The number of aromatic nitrogens is 2. The molecule has 0 amide bonds. The number of carbonyl (C=O) groups is 1. The molecule has 0 aliphatic heterocycles. The monoisotopic (exact) mass is 358 g/mol. The molecule has 0 unspecified atom stereocenters. The fraction of sp³-hybridized carbons (Fsp3) is 0.167. The molecule has 0 aliphatic carbocycles. The second kappa shape index (κ2) is 7.36. The molecule has 0 atom stereocenters. The molecule has 2 aromatic carbocycles. The van der Waals surface area contributed by atoms with E-state index in [-0.39, 0.29) is 12.5 Å². The third-order valence-corrected chi connectivity index (χ3v) is 3.80. The predicted molar refractivity (Wildman–Crippen MR) is 91.6 cm³/mol. The average molecular weight is 359 g/mol. The molecular formula is C18H15ClN2O4. The highest BCUT2D eigenvalue weighted by Gasteiger charge is 2.14. The van der Waals surface area contributed by atoms with Crippen LogP contribution < -0.4 is 4.74 Å². The summed E-state index contributed by atoms with van der Waals surface area (Å²) in [6.07, 6.45) is 0. The van der Waals surface area contributed by atoms with Crippen molar-refractivity contribution in [3.63, 3.8) is 0 Å². The number of aryl methyl sites for hydroxylation is 1. The summed E-state index contributed by atoms with van der Waals surface area (Å²) in [5.41, 5.74) is 1.98. The maximum Gasteiger partial charge on any atom is 0.338 e. The van der Waals surface area contributed by atoms with Gasteiger partial charge in [-0.25, -0.2) is 4.79 Å². The molecule has 3 rings (SSSR count). The van der Waals surface area contributed by atoms with Gasteiger partial charge in [0.15, 0.2) is 6.61 Å². The van der Waals surface area contributed by atoms with E-state index in [2.05, 4.69) is 10.1 Å². The van der Waals surface area contributed by atoms with Gasteiger partial charge < -0.3 is 14.0 Å². The molecule has 1 aromatic heterocycles. The minimum atomic E-state index is -0.466. The van der Waals surface area contributed by atoms with Gasteiger partial charge in [-0.15, -0.1) is 0 Å². The second-order valence-electron chi connectivity index (χ2n) is 5.28. The Balaban J connectivity index is 1.66. The molecule has 6 nitrogen and oxygen atoms in total. The standard InChI is InChI=1S/C18H15ClN2O4/c1-11-9-14(23-2)7-8-15(11)18(22)24-10-16-20-17(21-25-16)12-3-5-13(19)6-4-12/h3-9H,10H2,1-2H3. The summed E-state index contributed by atoms with van der Waals surface area (Å²) in [5.74, 6) is 0.831. The van der Waals surface area contributed by atoms with Gasteiger partial charge in [0.25, 0.3) is 5.89 Å². The van der Waals surface area contributed by atoms with Crippen molar-refractivity contribution in [2.75, 3.05) is 7.11 Å². The minimum absolute atomic E-state index is 0.106. The van der Waals surface area contributed by atoms with E-state index in [9.17, 15) is 4.79 Å². The van der Waals surface area contributed by atoms with E-state index < -0.39 is 5.97 Å². The number of methoxy groups -OCH3 is 1. The number of carbonyl (C=O) groups excluding carboxylic acids is 1. The number of hydrogen-bond donors (Lipinski definition) is 0. The van der Waals surface area contributed by atoms with Crippen molar-refractivity contribution < 1.29 is 18.8 Å². The van der Waals surface area contributed by atoms with Crippen LogP contribution in [-0.2, 0) is 11.3 Å². The van der Waals surface area contributed by atoms with Crippen LogP contribution in [0.2, 0.25) is 5.02 Å².